The Morgan fingerprint density at radius 2 is 1.63 bits per heavy atom. The second-order valence-corrected chi connectivity index (χ2v) is 9.54. The van der Waals surface area contributed by atoms with Crippen molar-refractivity contribution < 1.29 is 9.53 Å². The number of carbonyl (C=O) groups excluding carboxylic acids is 1. The molecule has 1 N–H and O–H groups in total. The van der Waals surface area contributed by atoms with Crippen LogP contribution in [0.15, 0.2) is 103 Å². The van der Waals surface area contributed by atoms with Crippen LogP contribution in [0.1, 0.15) is 18.1 Å². The van der Waals surface area contributed by atoms with Crippen LogP contribution in [0.5, 0.6) is 11.5 Å². The van der Waals surface area contributed by atoms with E-state index in [1.165, 1.54) is 5.56 Å². The predicted octanol–water partition coefficient (Wildman–Crippen LogP) is 6.76. The van der Waals surface area contributed by atoms with E-state index in [2.05, 4.69) is 35.3 Å². The van der Waals surface area contributed by atoms with Crippen molar-refractivity contribution in [1.82, 2.24) is 9.80 Å². The maximum atomic E-state index is 13.1. The summed E-state index contributed by atoms with van der Waals surface area (Å²) in [7, 11) is 0. The van der Waals surface area contributed by atoms with Gasteiger partial charge < -0.3 is 15.0 Å². The third kappa shape index (κ3) is 6.20. The van der Waals surface area contributed by atoms with Crippen LogP contribution >= 0.6 is 0 Å². The maximum Gasteiger partial charge on any atom is 0.322 e. The van der Waals surface area contributed by atoms with Crippen LogP contribution in [0.3, 0.4) is 0 Å². The Balaban J connectivity index is 1.18. The number of benzene rings is 4. The fourth-order valence-electron chi connectivity index (χ4n) is 4.81. The molecule has 0 aliphatic carbocycles. The molecular formula is C32H30N4O2. The van der Waals surface area contributed by atoms with Crippen LogP contribution in [-0.4, -0.2) is 41.5 Å². The lowest BCUT2D eigenvalue weighted by Gasteiger charge is -2.39. The molecule has 1 atom stereocenters. The fraction of sp³-hybridized carbons (Fsp3) is 0.188. The van der Waals surface area contributed by atoms with Gasteiger partial charge in [-0.3, -0.25) is 4.90 Å². The Hall–Kier alpha value is -4.60. The topological polar surface area (TPSA) is 68.6 Å². The summed E-state index contributed by atoms with van der Waals surface area (Å²) in [6.07, 6.45) is 0. The van der Waals surface area contributed by atoms with E-state index < -0.39 is 0 Å². The van der Waals surface area contributed by atoms with Crippen LogP contribution in [0.2, 0.25) is 0 Å². The molecule has 0 bridgehead atoms. The average Bonchev–Trinajstić information content (AvgIpc) is 2.94. The maximum absolute atomic E-state index is 13.1. The van der Waals surface area contributed by atoms with Gasteiger partial charge in [-0.2, -0.15) is 5.26 Å². The minimum atomic E-state index is -0.0988. The summed E-state index contributed by atoms with van der Waals surface area (Å²) in [6, 6.07) is 35.3. The summed E-state index contributed by atoms with van der Waals surface area (Å²) in [5.74, 6) is 1.64. The monoisotopic (exact) mass is 502 g/mol. The van der Waals surface area contributed by atoms with Crippen molar-refractivity contribution in [2.45, 2.75) is 19.5 Å². The summed E-state index contributed by atoms with van der Waals surface area (Å²) in [4.78, 5) is 17.4. The lowest BCUT2D eigenvalue weighted by atomic mass is 10.0. The first-order valence-corrected chi connectivity index (χ1v) is 12.8. The molecule has 1 fully saturated rings. The normalized spacial score (nSPS) is 15.5. The lowest BCUT2D eigenvalue weighted by molar-refractivity contribution is 0.104. The summed E-state index contributed by atoms with van der Waals surface area (Å²) < 4.78 is 5.99. The number of nitrogens with one attached hydrogen (secondary N) is 1. The van der Waals surface area contributed by atoms with E-state index >= 15 is 0 Å². The number of anilines is 1. The third-order valence-electron chi connectivity index (χ3n) is 6.69. The van der Waals surface area contributed by atoms with E-state index in [0.717, 1.165) is 47.9 Å². The second-order valence-electron chi connectivity index (χ2n) is 9.54. The van der Waals surface area contributed by atoms with Crippen LogP contribution in [0.4, 0.5) is 10.5 Å². The van der Waals surface area contributed by atoms with Crippen LogP contribution in [0.25, 0.3) is 11.1 Å². The van der Waals surface area contributed by atoms with Crippen molar-refractivity contribution >= 4 is 11.7 Å². The second kappa shape index (κ2) is 11.6. The number of ether oxygens (including phenoxy) is 1. The Labute approximate surface area is 223 Å². The Bertz CT molecular complexity index is 1450. The fourth-order valence-corrected chi connectivity index (χ4v) is 4.81. The first kappa shape index (κ1) is 25.1. The van der Waals surface area contributed by atoms with Crippen molar-refractivity contribution in [3.63, 3.8) is 0 Å². The highest BCUT2D eigenvalue weighted by Crippen LogP contribution is 2.25. The molecule has 0 aromatic heterocycles. The number of rotatable bonds is 6. The number of nitrogens with zero attached hydrogens (tertiary/aromatic N) is 3. The van der Waals surface area contributed by atoms with Gasteiger partial charge in [-0.05, 0) is 72.1 Å². The molecule has 6 nitrogen and oxygen atoms in total. The molecule has 4 aromatic rings. The van der Waals surface area contributed by atoms with Gasteiger partial charge in [0.25, 0.3) is 0 Å². The van der Waals surface area contributed by atoms with Gasteiger partial charge in [-0.1, -0.05) is 54.6 Å². The molecule has 0 spiro atoms. The van der Waals surface area contributed by atoms with Crippen molar-refractivity contribution in [1.29, 1.82) is 5.26 Å². The Morgan fingerprint density at radius 1 is 0.895 bits per heavy atom. The van der Waals surface area contributed by atoms with Gasteiger partial charge in [0.1, 0.15) is 11.5 Å². The third-order valence-corrected chi connectivity index (χ3v) is 6.69. The number of nitriles is 1. The molecule has 38 heavy (non-hydrogen) atoms. The molecule has 0 unspecified atom stereocenters. The highest BCUT2D eigenvalue weighted by atomic mass is 16.5. The Kier molecular flexibility index (Phi) is 7.67. The van der Waals surface area contributed by atoms with Gasteiger partial charge in [-0.25, -0.2) is 4.79 Å². The van der Waals surface area contributed by atoms with Gasteiger partial charge >= 0.3 is 6.03 Å². The summed E-state index contributed by atoms with van der Waals surface area (Å²) in [6.45, 7) is 5.12. The zero-order chi connectivity index (χ0) is 26.3. The molecule has 4 aromatic carbocycles. The van der Waals surface area contributed by atoms with Gasteiger partial charge in [0.05, 0.1) is 11.6 Å². The zero-order valence-corrected chi connectivity index (χ0v) is 21.4. The number of amides is 2. The molecule has 2 amide bonds. The first-order valence-electron chi connectivity index (χ1n) is 12.8. The van der Waals surface area contributed by atoms with Crippen molar-refractivity contribution in [3.8, 4) is 28.7 Å². The van der Waals surface area contributed by atoms with Gasteiger partial charge in [0.15, 0.2) is 0 Å². The molecule has 1 aliphatic rings. The average molecular weight is 503 g/mol. The molecule has 190 valence electrons. The van der Waals surface area contributed by atoms with Gasteiger partial charge in [-0.15, -0.1) is 0 Å². The molecular weight excluding hydrogens is 472 g/mol. The molecule has 0 radical (unpaired) electrons. The summed E-state index contributed by atoms with van der Waals surface area (Å²) >= 11 is 0. The van der Waals surface area contributed by atoms with E-state index in [1.807, 2.05) is 89.8 Å². The van der Waals surface area contributed by atoms with E-state index in [0.29, 0.717) is 12.1 Å². The highest BCUT2D eigenvalue weighted by molar-refractivity contribution is 5.90. The van der Waals surface area contributed by atoms with Crippen molar-refractivity contribution in [2.75, 3.05) is 25.0 Å². The molecule has 5 rings (SSSR count). The molecule has 6 heteroatoms. The SMILES string of the molecule is C[C@H]1CN(Cc2cccc(Oc3ccccc3)c2)CCN1C(=O)Nc1cccc(-c2cccc(C#N)c2)c1. The molecule has 0 saturated carbocycles. The number of carbonyl (C=O) groups is 1. The quantitative estimate of drug-likeness (QED) is 0.316. The lowest BCUT2D eigenvalue weighted by Crippen LogP contribution is -2.54. The molecule has 1 aliphatic heterocycles. The van der Waals surface area contributed by atoms with Gasteiger partial charge in [0, 0.05) is 37.9 Å². The van der Waals surface area contributed by atoms with E-state index in [1.54, 1.807) is 6.07 Å². The number of piperazine rings is 1. The minimum Gasteiger partial charge on any atom is -0.457 e. The largest absolute Gasteiger partial charge is 0.457 e. The summed E-state index contributed by atoms with van der Waals surface area (Å²) in [5, 5.41) is 12.3. The highest BCUT2D eigenvalue weighted by Gasteiger charge is 2.27. The Morgan fingerprint density at radius 3 is 2.42 bits per heavy atom. The van der Waals surface area contributed by atoms with E-state index in [-0.39, 0.29) is 12.1 Å². The summed E-state index contributed by atoms with van der Waals surface area (Å²) in [5.41, 5.74) is 4.43. The minimum absolute atomic E-state index is 0.0722. The number of hydrogen-bond donors (Lipinski definition) is 1. The van der Waals surface area contributed by atoms with Gasteiger partial charge in [0.2, 0.25) is 0 Å². The van der Waals surface area contributed by atoms with Crippen LogP contribution < -0.4 is 10.1 Å². The smallest absolute Gasteiger partial charge is 0.322 e. The zero-order valence-electron chi connectivity index (χ0n) is 21.4. The standard InChI is InChI=1S/C32H30N4O2/c1-24-22-35(23-26-9-6-15-31(19-26)38-30-13-3-2-4-14-30)16-17-36(24)32(37)34-29-12-7-11-28(20-29)27-10-5-8-25(18-27)21-33/h2-15,18-20,24H,16-17,22-23H2,1H3,(H,34,37)/t24-/m0/s1. The molecule has 1 saturated heterocycles. The number of para-hydroxylation sites is 1. The molecule has 1 heterocycles. The number of urea groups is 1. The van der Waals surface area contributed by atoms with Crippen LogP contribution in [-0.2, 0) is 6.54 Å². The van der Waals surface area contributed by atoms with Crippen LogP contribution in [0, 0.1) is 11.3 Å². The first-order chi connectivity index (χ1) is 18.6. The number of hydrogen-bond acceptors (Lipinski definition) is 4. The predicted molar refractivity (Wildman–Crippen MR) is 150 cm³/mol. The van der Waals surface area contributed by atoms with Crippen molar-refractivity contribution in [2.24, 2.45) is 0 Å². The van der Waals surface area contributed by atoms with E-state index in [4.69, 9.17) is 4.74 Å². The van der Waals surface area contributed by atoms with E-state index in [9.17, 15) is 10.1 Å². The van der Waals surface area contributed by atoms with Crippen molar-refractivity contribution in [3.05, 3.63) is 114 Å².